The highest BCUT2D eigenvalue weighted by molar-refractivity contribution is 5.96. The van der Waals surface area contributed by atoms with E-state index in [0.717, 1.165) is 6.07 Å². The summed E-state index contributed by atoms with van der Waals surface area (Å²) in [5.74, 6) is -1.08. The van der Waals surface area contributed by atoms with Crippen molar-refractivity contribution in [3.8, 4) is 0 Å². The van der Waals surface area contributed by atoms with Crippen LogP contribution in [0, 0.1) is 10.1 Å². The molecule has 5 N–H and O–H groups in total. The summed E-state index contributed by atoms with van der Waals surface area (Å²) in [6.07, 6.45) is -0.0111. The lowest BCUT2D eigenvalue weighted by atomic mass is 10.1. The van der Waals surface area contributed by atoms with Crippen molar-refractivity contribution in [3.63, 3.8) is 0 Å². The van der Waals surface area contributed by atoms with Crippen LogP contribution in [0.25, 0.3) is 0 Å². The minimum absolute atomic E-state index is 0.0111. The van der Waals surface area contributed by atoms with E-state index >= 15 is 0 Å². The third kappa shape index (κ3) is 3.95. The minimum atomic E-state index is -0.668. The maximum Gasteiger partial charge on any atom is 0.292 e. The number of carbonyl (C=O) groups is 2. The van der Waals surface area contributed by atoms with Gasteiger partial charge in [-0.3, -0.25) is 19.7 Å². The number of nitrogens with zero attached hydrogens (tertiary/aromatic N) is 1. The first-order chi connectivity index (χ1) is 8.81. The fourth-order valence-electron chi connectivity index (χ4n) is 1.50. The van der Waals surface area contributed by atoms with E-state index in [0.29, 0.717) is 0 Å². The fraction of sp³-hybridized carbons (Fsp3) is 0.273. The van der Waals surface area contributed by atoms with Crippen LogP contribution >= 0.6 is 0 Å². The number of benzene rings is 1. The van der Waals surface area contributed by atoms with Gasteiger partial charge in [-0.25, -0.2) is 0 Å². The monoisotopic (exact) mass is 266 g/mol. The Balaban J connectivity index is 2.86. The summed E-state index contributed by atoms with van der Waals surface area (Å²) in [5.41, 5.74) is 10.2. The number of amides is 2. The molecule has 0 aromatic heterocycles. The van der Waals surface area contributed by atoms with Crippen LogP contribution in [-0.2, 0) is 4.79 Å². The fourth-order valence-corrected chi connectivity index (χ4v) is 1.50. The smallest absolute Gasteiger partial charge is 0.292 e. The van der Waals surface area contributed by atoms with Gasteiger partial charge in [0.15, 0.2) is 0 Å². The number of nitro groups is 1. The molecule has 19 heavy (non-hydrogen) atoms. The SMILES string of the molecule is CC(CC(N)=O)NC(=O)c1ccc(N)c([N+](=O)[O-])c1. The molecule has 0 bridgehead atoms. The first-order valence-corrected chi connectivity index (χ1v) is 5.44. The molecule has 0 saturated heterocycles. The molecule has 8 nitrogen and oxygen atoms in total. The summed E-state index contributed by atoms with van der Waals surface area (Å²) in [4.78, 5) is 32.5. The Kier molecular flexibility index (Phi) is 4.41. The lowest BCUT2D eigenvalue weighted by molar-refractivity contribution is -0.383. The van der Waals surface area contributed by atoms with E-state index in [1.54, 1.807) is 6.92 Å². The molecule has 0 saturated carbocycles. The summed E-state index contributed by atoms with van der Waals surface area (Å²) in [6.45, 7) is 1.61. The Bertz CT molecular complexity index is 529. The summed E-state index contributed by atoms with van der Waals surface area (Å²) in [6, 6.07) is 3.28. The number of hydrogen-bond donors (Lipinski definition) is 3. The second-order valence-corrected chi connectivity index (χ2v) is 4.08. The molecule has 0 aliphatic heterocycles. The highest BCUT2D eigenvalue weighted by atomic mass is 16.6. The number of carbonyl (C=O) groups excluding carboxylic acids is 2. The van der Waals surface area contributed by atoms with Crippen molar-refractivity contribution >= 4 is 23.2 Å². The van der Waals surface area contributed by atoms with E-state index in [1.807, 2.05) is 0 Å². The zero-order valence-electron chi connectivity index (χ0n) is 10.3. The van der Waals surface area contributed by atoms with Crippen LogP contribution in [0.1, 0.15) is 23.7 Å². The average Bonchev–Trinajstić information content (AvgIpc) is 2.27. The lowest BCUT2D eigenvalue weighted by Crippen LogP contribution is -2.35. The number of rotatable bonds is 5. The third-order valence-corrected chi connectivity index (χ3v) is 2.37. The van der Waals surface area contributed by atoms with E-state index in [1.165, 1.54) is 12.1 Å². The number of nitrogens with one attached hydrogen (secondary N) is 1. The Morgan fingerprint density at radius 2 is 2.11 bits per heavy atom. The van der Waals surface area contributed by atoms with E-state index in [9.17, 15) is 19.7 Å². The van der Waals surface area contributed by atoms with Crippen molar-refractivity contribution in [2.45, 2.75) is 19.4 Å². The van der Waals surface area contributed by atoms with Crippen LogP contribution < -0.4 is 16.8 Å². The molecule has 0 aliphatic carbocycles. The Hall–Kier alpha value is -2.64. The van der Waals surface area contributed by atoms with Gasteiger partial charge in [0.2, 0.25) is 5.91 Å². The Morgan fingerprint density at radius 3 is 2.63 bits per heavy atom. The van der Waals surface area contributed by atoms with Gasteiger partial charge in [-0.05, 0) is 19.1 Å². The predicted molar refractivity (Wildman–Crippen MR) is 68.2 cm³/mol. The molecule has 1 atom stereocenters. The van der Waals surface area contributed by atoms with Crippen LogP contribution in [-0.4, -0.2) is 22.8 Å². The maximum absolute atomic E-state index is 11.8. The molecule has 102 valence electrons. The van der Waals surface area contributed by atoms with E-state index in [4.69, 9.17) is 11.5 Å². The van der Waals surface area contributed by atoms with Gasteiger partial charge in [0.05, 0.1) is 4.92 Å². The van der Waals surface area contributed by atoms with Gasteiger partial charge >= 0.3 is 0 Å². The zero-order valence-corrected chi connectivity index (χ0v) is 10.3. The molecule has 1 rings (SSSR count). The second kappa shape index (κ2) is 5.80. The van der Waals surface area contributed by atoms with Gasteiger partial charge in [-0.2, -0.15) is 0 Å². The summed E-state index contributed by atoms with van der Waals surface area (Å²) < 4.78 is 0. The van der Waals surface area contributed by atoms with Crippen molar-refractivity contribution in [3.05, 3.63) is 33.9 Å². The molecule has 1 unspecified atom stereocenters. The van der Waals surface area contributed by atoms with Crippen molar-refractivity contribution < 1.29 is 14.5 Å². The number of nitro benzene ring substituents is 1. The number of nitrogen functional groups attached to an aromatic ring is 1. The lowest BCUT2D eigenvalue weighted by Gasteiger charge is -2.12. The van der Waals surface area contributed by atoms with Crippen LogP contribution in [0.4, 0.5) is 11.4 Å². The molecule has 2 amide bonds. The van der Waals surface area contributed by atoms with Gasteiger partial charge in [-0.15, -0.1) is 0 Å². The summed E-state index contributed by atoms with van der Waals surface area (Å²) in [5, 5.41) is 13.2. The molecule has 1 aromatic rings. The number of primary amides is 1. The molecule has 0 heterocycles. The third-order valence-electron chi connectivity index (χ3n) is 2.37. The van der Waals surface area contributed by atoms with E-state index < -0.39 is 22.8 Å². The summed E-state index contributed by atoms with van der Waals surface area (Å²) in [7, 11) is 0. The van der Waals surface area contributed by atoms with Crippen LogP contribution in [0.2, 0.25) is 0 Å². The van der Waals surface area contributed by atoms with Gasteiger partial charge in [0.1, 0.15) is 5.69 Å². The zero-order chi connectivity index (χ0) is 14.6. The predicted octanol–water partition coefficient (Wildman–Crippen LogP) is 0.171. The summed E-state index contributed by atoms with van der Waals surface area (Å²) >= 11 is 0. The molecule has 1 aromatic carbocycles. The van der Waals surface area contributed by atoms with Crippen molar-refractivity contribution in [2.75, 3.05) is 5.73 Å². The normalized spacial score (nSPS) is 11.6. The second-order valence-electron chi connectivity index (χ2n) is 4.08. The molecule has 8 heteroatoms. The first kappa shape index (κ1) is 14.4. The van der Waals surface area contributed by atoms with Gasteiger partial charge in [0.25, 0.3) is 11.6 Å². The van der Waals surface area contributed by atoms with E-state index in [2.05, 4.69) is 5.32 Å². The number of nitrogens with two attached hydrogens (primary N) is 2. The molecule has 0 fully saturated rings. The minimum Gasteiger partial charge on any atom is -0.393 e. The Morgan fingerprint density at radius 1 is 1.47 bits per heavy atom. The van der Waals surface area contributed by atoms with Gasteiger partial charge < -0.3 is 16.8 Å². The van der Waals surface area contributed by atoms with Crippen LogP contribution in [0.3, 0.4) is 0 Å². The number of anilines is 1. The molecule has 0 radical (unpaired) electrons. The Labute approximate surface area is 108 Å². The molecule has 0 aliphatic rings. The maximum atomic E-state index is 11.8. The topological polar surface area (TPSA) is 141 Å². The molecular formula is C11H14N4O4. The average molecular weight is 266 g/mol. The quantitative estimate of drug-likeness (QED) is 0.395. The molecular weight excluding hydrogens is 252 g/mol. The molecule has 0 spiro atoms. The van der Waals surface area contributed by atoms with Crippen molar-refractivity contribution in [2.24, 2.45) is 5.73 Å². The standard InChI is InChI=1S/C11H14N4O4/c1-6(4-10(13)16)14-11(17)7-2-3-8(12)9(5-7)15(18)19/h2-3,5-6H,4,12H2,1H3,(H2,13,16)(H,14,17). The van der Waals surface area contributed by atoms with Gasteiger partial charge in [-0.1, -0.05) is 0 Å². The number of hydrogen-bond acceptors (Lipinski definition) is 5. The first-order valence-electron chi connectivity index (χ1n) is 5.44. The van der Waals surface area contributed by atoms with Crippen LogP contribution in [0.15, 0.2) is 18.2 Å². The highest BCUT2D eigenvalue weighted by Crippen LogP contribution is 2.22. The van der Waals surface area contributed by atoms with Crippen molar-refractivity contribution in [1.29, 1.82) is 0 Å². The van der Waals surface area contributed by atoms with Gasteiger partial charge in [0, 0.05) is 24.1 Å². The van der Waals surface area contributed by atoms with Crippen molar-refractivity contribution in [1.82, 2.24) is 5.32 Å². The van der Waals surface area contributed by atoms with E-state index in [-0.39, 0.29) is 23.4 Å². The highest BCUT2D eigenvalue weighted by Gasteiger charge is 2.17. The largest absolute Gasteiger partial charge is 0.393 e. The van der Waals surface area contributed by atoms with Crippen LogP contribution in [0.5, 0.6) is 0 Å².